The summed E-state index contributed by atoms with van der Waals surface area (Å²) in [6.45, 7) is 5.32. The predicted octanol–water partition coefficient (Wildman–Crippen LogP) is 2.71. The highest BCUT2D eigenvalue weighted by atomic mass is 32.2. The number of benzene rings is 1. The van der Waals surface area contributed by atoms with Crippen molar-refractivity contribution in [1.82, 2.24) is 4.90 Å². The molecule has 0 bridgehead atoms. The quantitative estimate of drug-likeness (QED) is 0.912. The van der Waals surface area contributed by atoms with Gasteiger partial charge in [0.25, 0.3) is 0 Å². The monoisotopic (exact) mass is 265 g/mol. The van der Waals surface area contributed by atoms with Crippen LogP contribution in [0.2, 0.25) is 0 Å². The van der Waals surface area contributed by atoms with E-state index >= 15 is 0 Å². The van der Waals surface area contributed by atoms with Gasteiger partial charge in [0.2, 0.25) is 0 Å². The predicted molar refractivity (Wildman–Crippen MR) is 75.2 cm³/mol. The molecule has 1 unspecified atom stereocenters. The van der Waals surface area contributed by atoms with Gasteiger partial charge in [0.05, 0.1) is 5.56 Å². The van der Waals surface area contributed by atoms with Gasteiger partial charge in [-0.15, -0.1) is 0 Å². The minimum Gasteiger partial charge on any atom is -0.478 e. The van der Waals surface area contributed by atoms with E-state index in [2.05, 4.69) is 11.8 Å². The Morgan fingerprint density at radius 2 is 2.33 bits per heavy atom. The van der Waals surface area contributed by atoms with Crippen LogP contribution in [0.5, 0.6) is 0 Å². The summed E-state index contributed by atoms with van der Waals surface area (Å²) in [7, 11) is 0. The molecular formula is C14H19NO2S. The van der Waals surface area contributed by atoms with Crippen molar-refractivity contribution in [3.8, 4) is 0 Å². The number of carboxylic acid groups (broad SMARTS) is 1. The van der Waals surface area contributed by atoms with Gasteiger partial charge in [0.15, 0.2) is 0 Å². The molecule has 3 nitrogen and oxygen atoms in total. The van der Waals surface area contributed by atoms with Gasteiger partial charge in [-0.1, -0.05) is 19.1 Å². The first-order valence-corrected chi connectivity index (χ1v) is 7.36. The molecule has 98 valence electrons. The Kier molecular flexibility index (Phi) is 4.66. The Bertz CT molecular complexity index is 422. The Labute approximate surface area is 112 Å². The molecule has 0 radical (unpaired) electrons. The second-order valence-corrected chi connectivity index (χ2v) is 6.30. The lowest BCUT2D eigenvalue weighted by Gasteiger charge is -2.19. The molecule has 1 aromatic rings. The average Bonchev–Trinajstić information content (AvgIpc) is 2.55. The Morgan fingerprint density at radius 3 is 3.11 bits per heavy atom. The van der Waals surface area contributed by atoms with Crippen LogP contribution in [0.4, 0.5) is 0 Å². The maximum atomic E-state index is 10.9. The summed E-state index contributed by atoms with van der Waals surface area (Å²) in [4.78, 5) is 13.3. The van der Waals surface area contributed by atoms with E-state index in [-0.39, 0.29) is 0 Å². The van der Waals surface area contributed by atoms with Gasteiger partial charge >= 0.3 is 5.97 Å². The molecule has 1 aromatic carbocycles. The van der Waals surface area contributed by atoms with E-state index in [0.29, 0.717) is 5.56 Å². The zero-order valence-corrected chi connectivity index (χ0v) is 11.4. The number of hydrogen-bond acceptors (Lipinski definition) is 3. The molecular weight excluding hydrogens is 246 g/mol. The molecule has 1 saturated heterocycles. The SMILES string of the molecule is CC1CCN(Cc2cccc(C(=O)O)c2)CCS1. The van der Waals surface area contributed by atoms with E-state index < -0.39 is 5.97 Å². The number of rotatable bonds is 3. The zero-order valence-electron chi connectivity index (χ0n) is 10.6. The lowest BCUT2D eigenvalue weighted by atomic mass is 10.1. The molecule has 0 amide bonds. The molecule has 1 heterocycles. The van der Waals surface area contributed by atoms with E-state index in [1.54, 1.807) is 12.1 Å². The third kappa shape index (κ3) is 3.75. The average molecular weight is 265 g/mol. The molecule has 1 fully saturated rings. The van der Waals surface area contributed by atoms with Crippen LogP contribution in [-0.4, -0.2) is 40.1 Å². The summed E-state index contributed by atoms with van der Waals surface area (Å²) in [6.07, 6.45) is 1.21. The minimum absolute atomic E-state index is 0.380. The van der Waals surface area contributed by atoms with Gasteiger partial charge in [0.1, 0.15) is 0 Å². The molecule has 1 atom stereocenters. The normalized spacial score (nSPS) is 21.5. The van der Waals surface area contributed by atoms with Crippen LogP contribution in [0.15, 0.2) is 24.3 Å². The van der Waals surface area contributed by atoms with Crippen LogP contribution in [-0.2, 0) is 6.54 Å². The van der Waals surface area contributed by atoms with Gasteiger partial charge in [-0.25, -0.2) is 4.79 Å². The molecule has 0 aliphatic carbocycles. The van der Waals surface area contributed by atoms with Crippen LogP contribution in [0, 0.1) is 0 Å². The lowest BCUT2D eigenvalue weighted by Crippen LogP contribution is -2.25. The van der Waals surface area contributed by atoms with E-state index in [9.17, 15) is 4.79 Å². The van der Waals surface area contributed by atoms with E-state index in [0.717, 1.165) is 30.4 Å². The highest BCUT2D eigenvalue weighted by Gasteiger charge is 2.14. The smallest absolute Gasteiger partial charge is 0.335 e. The highest BCUT2D eigenvalue weighted by molar-refractivity contribution is 7.99. The molecule has 0 saturated carbocycles. The molecule has 0 spiro atoms. The fourth-order valence-electron chi connectivity index (χ4n) is 2.16. The Morgan fingerprint density at radius 1 is 1.50 bits per heavy atom. The first-order chi connectivity index (χ1) is 8.65. The highest BCUT2D eigenvalue weighted by Crippen LogP contribution is 2.20. The maximum Gasteiger partial charge on any atom is 0.335 e. The minimum atomic E-state index is -0.850. The summed E-state index contributed by atoms with van der Waals surface area (Å²) in [6, 6.07) is 7.26. The topological polar surface area (TPSA) is 40.5 Å². The second-order valence-electron chi connectivity index (χ2n) is 4.75. The summed E-state index contributed by atoms with van der Waals surface area (Å²) in [5.41, 5.74) is 1.47. The van der Waals surface area contributed by atoms with Gasteiger partial charge in [-0.2, -0.15) is 11.8 Å². The van der Waals surface area contributed by atoms with Crippen LogP contribution >= 0.6 is 11.8 Å². The lowest BCUT2D eigenvalue weighted by molar-refractivity contribution is 0.0696. The molecule has 1 N–H and O–H groups in total. The van der Waals surface area contributed by atoms with Gasteiger partial charge < -0.3 is 5.11 Å². The van der Waals surface area contributed by atoms with E-state index in [4.69, 9.17) is 5.11 Å². The fourth-order valence-corrected chi connectivity index (χ4v) is 3.20. The first kappa shape index (κ1) is 13.4. The summed E-state index contributed by atoms with van der Waals surface area (Å²) < 4.78 is 0. The molecule has 1 aliphatic heterocycles. The van der Waals surface area contributed by atoms with Crippen molar-refractivity contribution in [3.05, 3.63) is 35.4 Å². The maximum absolute atomic E-state index is 10.9. The third-order valence-corrected chi connectivity index (χ3v) is 4.46. The molecule has 0 aromatic heterocycles. The second kappa shape index (κ2) is 6.25. The van der Waals surface area contributed by atoms with Crippen molar-refractivity contribution in [3.63, 3.8) is 0 Å². The third-order valence-electron chi connectivity index (χ3n) is 3.24. The van der Waals surface area contributed by atoms with Crippen molar-refractivity contribution in [2.45, 2.75) is 25.1 Å². The number of nitrogens with zero attached hydrogens (tertiary/aromatic N) is 1. The van der Waals surface area contributed by atoms with Crippen molar-refractivity contribution < 1.29 is 9.90 Å². The Balaban J connectivity index is 2.00. The molecule has 4 heteroatoms. The zero-order chi connectivity index (χ0) is 13.0. The summed E-state index contributed by atoms with van der Waals surface area (Å²) in [5.74, 6) is 0.316. The largest absolute Gasteiger partial charge is 0.478 e. The van der Waals surface area contributed by atoms with E-state index in [1.165, 1.54) is 12.2 Å². The van der Waals surface area contributed by atoms with Crippen LogP contribution in [0.25, 0.3) is 0 Å². The fraction of sp³-hybridized carbons (Fsp3) is 0.500. The van der Waals surface area contributed by atoms with Crippen molar-refractivity contribution in [2.24, 2.45) is 0 Å². The summed E-state index contributed by atoms with van der Waals surface area (Å²) in [5, 5.41) is 9.71. The van der Waals surface area contributed by atoms with Gasteiger partial charge in [0, 0.05) is 24.1 Å². The van der Waals surface area contributed by atoms with Gasteiger partial charge in [-0.3, -0.25) is 4.90 Å². The van der Waals surface area contributed by atoms with Crippen LogP contribution in [0.3, 0.4) is 0 Å². The number of thioether (sulfide) groups is 1. The number of aromatic carboxylic acids is 1. The van der Waals surface area contributed by atoms with Crippen LogP contribution < -0.4 is 0 Å². The number of carbonyl (C=O) groups is 1. The first-order valence-electron chi connectivity index (χ1n) is 6.31. The number of carboxylic acids is 1. The van der Waals surface area contributed by atoms with Crippen molar-refractivity contribution in [1.29, 1.82) is 0 Å². The van der Waals surface area contributed by atoms with Crippen molar-refractivity contribution >= 4 is 17.7 Å². The molecule has 1 aliphatic rings. The molecule has 18 heavy (non-hydrogen) atoms. The van der Waals surface area contributed by atoms with Crippen LogP contribution in [0.1, 0.15) is 29.3 Å². The number of hydrogen-bond donors (Lipinski definition) is 1. The van der Waals surface area contributed by atoms with Crippen molar-refractivity contribution in [2.75, 3.05) is 18.8 Å². The summed E-state index contributed by atoms with van der Waals surface area (Å²) >= 11 is 2.03. The van der Waals surface area contributed by atoms with Gasteiger partial charge in [-0.05, 0) is 30.7 Å². The molecule has 2 rings (SSSR count). The van der Waals surface area contributed by atoms with E-state index in [1.807, 2.05) is 23.9 Å². The standard InChI is InChI=1S/C14H19NO2S/c1-11-5-6-15(7-8-18-11)10-12-3-2-4-13(9-12)14(16)17/h2-4,9,11H,5-8,10H2,1H3,(H,16,17). The Hall–Kier alpha value is -1.00.